The lowest BCUT2D eigenvalue weighted by atomic mass is 10.1. The van der Waals surface area contributed by atoms with Crippen LogP contribution in [-0.2, 0) is 0 Å². The largest absolute Gasteiger partial charge is 0.492 e. The summed E-state index contributed by atoms with van der Waals surface area (Å²) in [4.78, 5) is 0. The normalized spacial score (nSPS) is 12.2. The van der Waals surface area contributed by atoms with Gasteiger partial charge in [-0.2, -0.15) is 0 Å². The predicted molar refractivity (Wildman–Crippen MR) is 86.2 cm³/mol. The summed E-state index contributed by atoms with van der Waals surface area (Å²) in [5.74, 6) is 6.32. The molecule has 3 N–H and O–H groups in total. The van der Waals surface area contributed by atoms with Crippen molar-refractivity contribution in [3.63, 3.8) is 0 Å². The molecule has 1 unspecified atom stereocenters. The van der Waals surface area contributed by atoms with E-state index in [1.807, 2.05) is 18.2 Å². The number of nitrogens with one attached hydrogen (secondary N) is 1. The number of hydrogen-bond donors (Lipinski definition) is 2. The summed E-state index contributed by atoms with van der Waals surface area (Å²) in [5.41, 5.74) is 3.58. The first-order valence-electron chi connectivity index (χ1n) is 5.90. The molecule has 0 heterocycles. The summed E-state index contributed by atoms with van der Waals surface area (Å²) in [6, 6.07) is 12.5. The van der Waals surface area contributed by atoms with Crippen LogP contribution in [-0.4, -0.2) is 6.61 Å². The maximum absolute atomic E-state index is 6.21. The minimum Gasteiger partial charge on any atom is -0.492 e. The fraction of sp³-hybridized carbons (Fsp3) is 0.143. The van der Waals surface area contributed by atoms with Crippen LogP contribution >= 0.6 is 39.1 Å². The smallest absolute Gasteiger partial charge is 0.119 e. The Hall–Kier alpha value is -0.780. The van der Waals surface area contributed by atoms with E-state index in [1.165, 1.54) is 0 Å². The first-order chi connectivity index (χ1) is 9.61. The average Bonchev–Trinajstić information content (AvgIpc) is 2.44. The Balaban J connectivity index is 2.11. The molecule has 0 saturated heterocycles. The van der Waals surface area contributed by atoms with Gasteiger partial charge in [-0.3, -0.25) is 5.84 Å². The molecular weight excluding hydrogens is 363 g/mol. The molecule has 1 atom stereocenters. The molecule has 0 radical (unpaired) electrons. The molecule has 0 amide bonds. The molecule has 0 aliphatic heterocycles. The minimum atomic E-state index is -0.228. The van der Waals surface area contributed by atoms with Crippen molar-refractivity contribution in [2.75, 3.05) is 6.61 Å². The third kappa shape index (κ3) is 3.87. The number of nitrogens with two attached hydrogens (primary N) is 1. The van der Waals surface area contributed by atoms with Crippen LogP contribution in [0.4, 0.5) is 0 Å². The van der Waals surface area contributed by atoms with E-state index in [0.717, 1.165) is 15.8 Å². The van der Waals surface area contributed by atoms with Gasteiger partial charge in [-0.25, -0.2) is 5.43 Å². The predicted octanol–water partition coefficient (Wildman–Crippen LogP) is 4.34. The van der Waals surface area contributed by atoms with Gasteiger partial charge in [0.15, 0.2) is 0 Å². The second kappa shape index (κ2) is 7.29. The molecule has 0 fully saturated rings. The van der Waals surface area contributed by atoms with Crippen molar-refractivity contribution in [3.05, 3.63) is 62.5 Å². The number of hydrazine groups is 1. The number of benzene rings is 2. The number of halogens is 3. The third-order valence-electron chi connectivity index (χ3n) is 2.78. The van der Waals surface area contributed by atoms with Gasteiger partial charge in [-0.1, -0.05) is 45.2 Å². The van der Waals surface area contributed by atoms with Crippen molar-refractivity contribution >= 4 is 39.1 Å². The van der Waals surface area contributed by atoms with E-state index in [2.05, 4.69) is 21.4 Å². The standard InChI is InChI=1S/C14H13BrCl2N2O/c15-11-2-1-3-12(17)14(11)13(19-18)8-20-10-6-4-9(16)5-7-10/h1-7,13,19H,8,18H2. The van der Waals surface area contributed by atoms with Gasteiger partial charge in [-0.15, -0.1) is 0 Å². The Morgan fingerprint density at radius 2 is 1.85 bits per heavy atom. The Morgan fingerprint density at radius 1 is 1.15 bits per heavy atom. The third-order valence-corrected chi connectivity index (χ3v) is 4.05. The highest BCUT2D eigenvalue weighted by molar-refractivity contribution is 9.10. The van der Waals surface area contributed by atoms with E-state index in [0.29, 0.717) is 16.7 Å². The average molecular weight is 376 g/mol. The van der Waals surface area contributed by atoms with Crippen molar-refractivity contribution in [2.24, 2.45) is 5.84 Å². The highest BCUT2D eigenvalue weighted by Gasteiger charge is 2.17. The molecule has 2 aromatic rings. The highest BCUT2D eigenvalue weighted by Crippen LogP contribution is 2.30. The van der Waals surface area contributed by atoms with Crippen molar-refractivity contribution < 1.29 is 4.74 Å². The molecule has 2 aromatic carbocycles. The molecule has 0 aliphatic carbocycles. The van der Waals surface area contributed by atoms with Crippen molar-refractivity contribution in [1.29, 1.82) is 0 Å². The fourth-order valence-electron chi connectivity index (χ4n) is 1.77. The van der Waals surface area contributed by atoms with Crippen LogP contribution in [0.3, 0.4) is 0 Å². The summed E-state index contributed by atoms with van der Waals surface area (Å²) in [5, 5.41) is 1.29. The Labute approximate surface area is 136 Å². The zero-order valence-electron chi connectivity index (χ0n) is 10.4. The second-order valence-electron chi connectivity index (χ2n) is 4.12. The summed E-state index contributed by atoms with van der Waals surface area (Å²) in [6.07, 6.45) is 0. The fourth-order valence-corrected chi connectivity index (χ4v) is 2.96. The minimum absolute atomic E-state index is 0.228. The van der Waals surface area contributed by atoms with Crippen LogP contribution in [0, 0.1) is 0 Å². The SMILES string of the molecule is NNC(COc1ccc(Cl)cc1)c1c(Cl)cccc1Br. The molecule has 2 rings (SSSR count). The number of ether oxygens (including phenoxy) is 1. The van der Waals surface area contributed by atoms with Gasteiger partial charge >= 0.3 is 0 Å². The summed E-state index contributed by atoms with van der Waals surface area (Å²) in [7, 11) is 0. The van der Waals surface area contributed by atoms with E-state index in [1.54, 1.807) is 24.3 Å². The summed E-state index contributed by atoms with van der Waals surface area (Å²) >= 11 is 15.5. The Bertz CT molecular complexity index is 558. The maximum atomic E-state index is 6.21. The lowest BCUT2D eigenvalue weighted by Crippen LogP contribution is -2.32. The first-order valence-corrected chi connectivity index (χ1v) is 7.45. The number of rotatable bonds is 5. The molecule has 0 saturated carbocycles. The maximum Gasteiger partial charge on any atom is 0.119 e. The highest BCUT2D eigenvalue weighted by atomic mass is 79.9. The van der Waals surface area contributed by atoms with Crippen molar-refractivity contribution in [2.45, 2.75) is 6.04 Å². The summed E-state index contributed by atoms with van der Waals surface area (Å²) in [6.45, 7) is 0.348. The molecule has 0 aromatic heterocycles. The van der Waals surface area contributed by atoms with Crippen LogP contribution < -0.4 is 16.0 Å². The molecule has 0 spiro atoms. The zero-order chi connectivity index (χ0) is 14.5. The molecule has 6 heteroatoms. The molecule has 0 aliphatic rings. The number of hydrogen-bond acceptors (Lipinski definition) is 3. The van der Waals surface area contributed by atoms with Crippen LogP contribution in [0.15, 0.2) is 46.9 Å². The Kier molecular flexibility index (Phi) is 5.69. The van der Waals surface area contributed by atoms with Gasteiger partial charge < -0.3 is 4.74 Å². The van der Waals surface area contributed by atoms with E-state index in [4.69, 9.17) is 33.8 Å². The lowest BCUT2D eigenvalue weighted by molar-refractivity contribution is 0.267. The van der Waals surface area contributed by atoms with Gasteiger partial charge in [0.25, 0.3) is 0 Å². The molecule has 0 bridgehead atoms. The topological polar surface area (TPSA) is 47.3 Å². The molecule has 20 heavy (non-hydrogen) atoms. The van der Waals surface area contributed by atoms with Gasteiger partial charge in [-0.05, 0) is 36.4 Å². The zero-order valence-corrected chi connectivity index (χ0v) is 13.5. The van der Waals surface area contributed by atoms with Gasteiger partial charge in [0.1, 0.15) is 12.4 Å². The van der Waals surface area contributed by atoms with Gasteiger partial charge in [0.05, 0.1) is 6.04 Å². The van der Waals surface area contributed by atoms with Crippen LogP contribution in [0.5, 0.6) is 5.75 Å². The van der Waals surface area contributed by atoms with Crippen LogP contribution in [0.1, 0.15) is 11.6 Å². The lowest BCUT2D eigenvalue weighted by Gasteiger charge is -2.19. The van der Waals surface area contributed by atoms with E-state index in [9.17, 15) is 0 Å². The van der Waals surface area contributed by atoms with E-state index in [-0.39, 0.29) is 6.04 Å². The van der Waals surface area contributed by atoms with Gasteiger partial charge in [0, 0.05) is 20.1 Å². The summed E-state index contributed by atoms with van der Waals surface area (Å²) < 4.78 is 6.58. The van der Waals surface area contributed by atoms with Crippen LogP contribution in [0.2, 0.25) is 10.0 Å². The first kappa shape index (κ1) is 15.6. The van der Waals surface area contributed by atoms with E-state index >= 15 is 0 Å². The van der Waals surface area contributed by atoms with Crippen LogP contribution in [0.25, 0.3) is 0 Å². The van der Waals surface area contributed by atoms with E-state index < -0.39 is 0 Å². The quantitative estimate of drug-likeness (QED) is 0.603. The molecular formula is C14H13BrCl2N2O. The van der Waals surface area contributed by atoms with Crippen molar-refractivity contribution in [1.82, 2.24) is 5.43 Å². The molecule has 106 valence electrons. The van der Waals surface area contributed by atoms with Gasteiger partial charge in [0.2, 0.25) is 0 Å². The second-order valence-corrected chi connectivity index (χ2v) is 5.82. The molecule has 3 nitrogen and oxygen atoms in total. The monoisotopic (exact) mass is 374 g/mol. The Morgan fingerprint density at radius 3 is 2.45 bits per heavy atom. The van der Waals surface area contributed by atoms with Crippen molar-refractivity contribution in [3.8, 4) is 5.75 Å².